The highest BCUT2D eigenvalue weighted by Gasteiger charge is 2.22. The van der Waals surface area contributed by atoms with E-state index < -0.39 is 0 Å². The van der Waals surface area contributed by atoms with E-state index in [9.17, 15) is 4.79 Å². The van der Waals surface area contributed by atoms with Gasteiger partial charge in [-0.2, -0.15) is 0 Å². The van der Waals surface area contributed by atoms with Crippen LogP contribution in [-0.2, 0) is 13.2 Å². The minimum atomic E-state index is -0.0124. The highest BCUT2D eigenvalue weighted by Crippen LogP contribution is 2.20. The molecule has 0 fully saturated rings. The van der Waals surface area contributed by atoms with Gasteiger partial charge in [0.2, 0.25) is 0 Å². The third-order valence-electron chi connectivity index (χ3n) is 4.76. The molecule has 29 heavy (non-hydrogen) atoms. The zero-order valence-electron chi connectivity index (χ0n) is 16.9. The smallest absolute Gasteiger partial charge is 0.254 e. The molecule has 1 heterocycles. The van der Waals surface area contributed by atoms with Gasteiger partial charge in [-0.25, -0.2) is 4.98 Å². The summed E-state index contributed by atoms with van der Waals surface area (Å²) < 4.78 is 5.84. The monoisotopic (exact) mass is 428 g/mol. The molecule has 0 spiro atoms. The van der Waals surface area contributed by atoms with Gasteiger partial charge in [0.05, 0.1) is 12.2 Å². The SMILES string of the molecule is CC[C@H](C)N(Cc1csc(COc2cccc(C)c2)n1)C(=O)c1ccc(Cl)cc1. The molecule has 0 unspecified atom stereocenters. The van der Waals surface area contributed by atoms with Crippen LogP contribution in [0.4, 0.5) is 0 Å². The van der Waals surface area contributed by atoms with Gasteiger partial charge in [0.15, 0.2) is 0 Å². The topological polar surface area (TPSA) is 42.4 Å². The van der Waals surface area contributed by atoms with Gasteiger partial charge in [-0.05, 0) is 62.2 Å². The van der Waals surface area contributed by atoms with E-state index in [1.54, 1.807) is 35.6 Å². The molecular weight excluding hydrogens is 404 g/mol. The van der Waals surface area contributed by atoms with E-state index in [-0.39, 0.29) is 11.9 Å². The number of halogens is 1. The second-order valence-corrected chi connectivity index (χ2v) is 8.41. The predicted molar refractivity (Wildman–Crippen MR) is 119 cm³/mol. The number of thiazole rings is 1. The first-order valence-electron chi connectivity index (χ1n) is 9.65. The third kappa shape index (κ3) is 5.81. The Balaban J connectivity index is 1.68. The van der Waals surface area contributed by atoms with Gasteiger partial charge in [-0.1, -0.05) is 30.7 Å². The second kappa shape index (κ2) is 9.90. The average molecular weight is 429 g/mol. The van der Waals surface area contributed by atoms with Crippen molar-refractivity contribution in [1.82, 2.24) is 9.88 Å². The zero-order chi connectivity index (χ0) is 20.8. The number of rotatable bonds is 8. The number of hydrogen-bond acceptors (Lipinski definition) is 4. The highest BCUT2D eigenvalue weighted by atomic mass is 35.5. The van der Waals surface area contributed by atoms with Crippen molar-refractivity contribution in [1.29, 1.82) is 0 Å². The van der Waals surface area contributed by atoms with Crippen molar-refractivity contribution in [2.24, 2.45) is 0 Å². The summed E-state index contributed by atoms with van der Waals surface area (Å²) in [4.78, 5) is 19.6. The second-order valence-electron chi connectivity index (χ2n) is 7.03. The lowest BCUT2D eigenvalue weighted by molar-refractivity contribution is 0.0669. The summed E-state index contributed by atoms with van der Waals surface area (Å²) in [5.41, 5.74) is 2.67. The van der Waals surface area contributed by atoms with Gasteiger partial charge in [-0.3, -0.25) is 4.79 Å². The Bertz CT molecular complexity index is 956. The molecule has 6 heteroatoms. The number of benzene rings is 2. The maximum atomic E-state index is 13.0. The Hall–Kier alpha value is -2.37. The van der Waals surface area contributed by atoms with E-state index in [1.807, 2.05) is 41.5 Å². The number of carbonyl (C=O) groups is 1. The molecule has 0 radical (unpaired) electrons. The Morgan fingerprint density at radius 1 is 1.24 bits per heavy atom. The third-order valence-corrected chi connectivity index (χ3v) is 5.88. The number of nitrogens with zero attached hydrogens (tertiary/aromatic N) is 2. The lowest BCUT2D eigenvalue weighted by atomic mass is 10.1. The maximum absolute atomic E-state index is 13.0. The molecule has 0 aliphatic rings. The van der Waals surface area contributed by atoms with Crippen LogP contribution in [0.25, 0.3) is 0 Å². The van der Waals surface area contributed by atoms with Crippen molar-refractivity contribution < 1.29 is 9.53 Å². The first-order valence-corrected chi connectivity index (χ1v) is 10.9. The summed E-state index contributed by atoms with van der Waals surface area (Å²) in [6.07, 6.45) is 0.868. The maximum Gasteiger partial charge on any atom is 0.254 e. The fraction of sp³-hybridized carbons (Fsp3) is 0.304. The van der Waals surface area contributed by atoms with Crippen LogP contribution in [0.5, 0.6) is 5.75 Å². The molecule has 0 N–H and O–H groups in total. The summed E-state index contributed by atoms with van der Waals surface area (Å²) in [5, 5.41) is 3.51. The summed E-state index contributed by atoms with van der Waals surface area (Å²) in [6.45, 7) is 7.06. The predicted octanol–water partition coefficient (Wildman–Crippen LogP) is 6.12. The van der Waals surface area contributed by atoms with Crippen LogP contribution in [0.1, 0.15) is 46.9 Å². The fourth-order valence-corrected chi connectivity index (χ4v) is 3.74. The molecule has 4 nitrogen and oxygen atoms in total. The number of hydrogen-bond donors (Lipinski definition) is 0. The van der Waals surface area contributed by atoms with Crippen LogP contribution in [0.15, 0.2) is 53.9 Å². The first kappa shape index (κ1) is 21.3. The molecule has 1 amide bonds. The molecule has 0 saturated heterocycles. The van der Waals surface area contributed by atoms with Crippen LogP contribution in [0.2, 0.25) is 5.02 Å². The van der Waals surface area contributed by atoms with Crippen molar-refractivity contribution in [3.63, 3.8) is 0 Å². The molecule has 0 aliphatic heterocycles. The van der Waals surface area contributed by atoms with Crippen LogP contribution in [-0.4, -0.2) is 21.8 Å². The van der Waals surface area contributed by atoms with Crippen LogP contribution in [0.3, 0.4) is 0 Å². The van der Waals surface area contributed by atoms with E-state index in [2.05, 4.69) is 18.8 Å². The van der Waals surface area contributed by atoms with Crippen molar-refractivity contribution in [3.8, 4) is 5.75 Å². The number of aromatic nitrogens is 1. The van der Waals surface area contributed by atoms with Crippen molar-refractivity contribution in [2.45, 2.75) is 46.4 Å². The van der Waals surface area contributed by atoms with Crippen LogP contribution < -0.4 is 4.74 Å². The normalized spacial score (nSPS) is 11.9. The summed E-state index contributed by atoms with van der Waals surface area (Å²) in [7, 11) is 0. The minimum Gasteiger partial charge on any atom is -0.486 e. The fourth-order valence-electron chi connectivity index (χ4n) is 2.92. The van der Waals surface area contributed by atoms with Gasteiger partial charge >= 0.3 is 0 Å². The van der Waals surface area contributed by atoms with Crippen LogP contribution in [0, 0.1) is 6.92 Å². The molecule has 0 saturated carbocycles. The van der Waals surface area contributed by atoms with E-state index in [4.69, 9.17) is 16.3 Å². The van der Waals surface area contributed by atoms with Crippen molar-refractivity contribution in [2.75, 3.05) is 0 Å². The summed E-state index contributed by atoms with van der Waals surface area (Å²) >= 11 is 7.51. The number of aryl methyl sites for hydroxylation is 1. The standard InChI is InChI=1S/C23H25ClN2O2S/c1-4-17(3)26(23(27)18-8-10-19(24)11-9-18)13-20-15-29-22(25-20)14-28-21-7-5-6-16(2)12-21/h5-12,15,17H,4,13-14H2,1-3H3/t17-/m0/s1. The molecule has 0 aliphatic carbocycles. The molecule has 2 aromatic carbocycles. The Morgan fingerprint density at radius 2 is 2.00 bits per heavy atom. The van der Waals surface area contributed by atoms with Crippen molar-refractivity contribution in [3.05, 3.63) is 80.8 Å². The number of carbonyl (C=O) groups excluding carboxylic acids is 1. The first-order chi connectivity index (χ1) is 14.0. The van der Waals surface area contributed by atoms with E-state index in [0.717, 1.165) is 28.4 Å². The Kier molecular flexibility index (Phi) is 7.29. The Labute approximate surface area is 181 Å². The summed E-state index contributed by atoms with van der Waals surface area (Å²) in [5.74, 6) is 0.822. The van der Waals surface area contributed by atoms with Crippen molar-refractivity contribution >= 4 is 28.8 Å². The zero-order valence-corrected chi connectivity index (χ0v) is 18.5. The van der Waals surface area contributed by atoms with Gasteiger partial charge in [0.1, 0.15) is 17.4 Å². The molecule has 1 atom stereocenters. The van der Waals surface area contributed by atoms with Gasteiger partial charge in [0.25, 0.3) is 5.91 Å². The molecule has 1 aromatic heterocycles. The number of ether oxygens (including phenoxy) is 1. The van der Waals surface area contributed by atoms with E-state index in [0.29, 0.717) is 23.7 Å². The molecular formula is C23H25ClN2O2S. The van der Waals surface area contributed by atoms with Gasteiger partial charge < -0.3 is 9.64 Å². The lowest BCUT2D eigenvalue weighted by Gasteiger charge is -2.28. The lowest BCUT2D eigenvalue weighted by Crippen LogP contribution is -2.37. The van der Waals surface area contributed by atoms with Gasteiger partial charge in [0, 0.05) is 22.0 Å². The van der Waals surface area contributed by atoms with Gasteiger partial charge in [-0.15, -0.1) is 11.3 Å². The molecule has 152 valence electrons. The quantitative estimate of drug-likeness (QED) is 0.433. The van der Waals surface area contributed by atoms with E-state index >= 15 is 0 Å². The molecule has 0 bridgehead atoms. The summed E-state index contributed by atoms with van der Waals surface area (Å²) in [6, 6.07) is 15.1. The van der Waals surface area contributed by atoms with E-state index in [1.165, 1.54) is 0 Å². The molecule has 3 aromatic rings. The average Bonchev–Trinajstić information content (AvgIpc) is 3.17. The van der Waals surface area contributed by atoms with Crippen LogP contribution >= 0.6 is 22.9 Å². The Morgan fingerprint density at radius 3 is 2.69 bits per heavy atom. The highest BCUT2D eigenvalue weighted by molar-refractivity contribution is 7.09. The minimum absolute atomic E-state index is 0.0124. The number of amides is 1. The largest absolute Gasteiger partial charge is 0.486 e. The molecule has 3 rings (SSSR count).